The molecule has 6 heteroatoms. The van der Waals surface area contributed by atoms with Crippen LogP contribution in [0.3, 0.4) is 0 Å². The van der Waals surface area contributed by atoms with Crippen LogP contribution in [0.25, 0.3) is 0 Å². The second-order valence-corrected chi connectivity index (χ2v) is 6.89. The van der Waals surface area contributed by atoms with Gasteiger partial charge < -0.3 is 15.0 Å². The number of hydrogen-bond donors (Lipinski definition) is 1. The monoisotopic (exact) mass is 389 g/mol. The molecule has 1 N–H and O–H groups in total. The largest absolute Gasteiger partial charge is 0.487 e. The van der Waals surface area contributed by atoms with Gasteiger partial charge in [-0.15, -0.1) is 0 Å². The Hall–Kier alpha value is -2.08. The number of aromatic nitrogens is 1. The van der Waals surface area contributed by atoms with Crippen molar-refractivity contribution in [3.05, 3.63) is 52.6 Å². The summed E-state index contributed by atoms with van der Waals surface area (Å²) in [5, 5.41) is 2.87. The number of benzene rings is 1. The van der Waals surface area contributed by atoms with Crippen LogP contribution in [0.2, 0.25) is 0 Å². The Morgan fingerprint density at radius 1 is 1.29 bits per heavy atom. The van der Waals surface area contributed by atoms with Crippen molar-refractivity contribution in [2.24, 2.45) is 0 Å². The molecule has 1 unspecified atom stereocenters. The summed E-state index contributed by atoms with van der Waals surface area (Å²) in [6.45, 7) is 5.15. The van der Waals surface area contributed by atoms with Gasteiger partial charge in [0.15, 0.2) is 0 Å². The average molecular weight is 390 g/mol. The molecule has 1 fully saturated rings. The normalized spacial score (nSPS) is 15.5. The van der Waals surface area contributed by atoms with Crippen LogP contribution in [-0.2, 0) is 4.79 Å². The third kappa shape index (κ3) is 4.06. The third-order valence-corrected chi connectivity index (χ3v) is 4.46. The maximum absolute atomic E-state index is 11.1. The van der Waals surface area contributed by atoms with Gasteiger partial charge in [0.05, 0.1) is 19.1 Å². The summed E-state index contributed by atoms with van der Waals surface area (Å²) in [4.78, 5) is 17.7. The predicted molar refractivity (Wildman–Crippen MR) is 97.2 cm³/mol. The van der Waals surface area contributed by atoms with Crippen LogP contribution in [0.4, 0.5) is 5.82 Å². The van der Waals surface area contributed by atoms with Crippen LogP contribution >= 0.6 is 15.9 Å². The number of carbonyl (C=O) groups excluding carboxylic acids is 1. The van der Waals surface area contributed by atoms with Gasteiger partial charge >= 0.3 is 0 Å². The zero-order valence-electron chi connectivity index (χ0n) is 13.7. The third-order valence-electron chi connectivity index (χ3n) is 3.99. The maximum atomic E-state index is 11.1. The van der Waals surface area contributed by atoms with Gasteiger partial charge in [0, 0.05) is 17.6 Å². The summed E-state index contributed by atoms with van der Waals surface area (Å²) < 4.78 is 6.96. The fourth-order valence-electron chi connectivity index (χ4n) is 2.67. The van der Waals surface area contributed by atoms with Gasteiger partial charge in [-0.05, 0) is 52.7 Å². The molecule has 0 saturated carbocycles. The quantitative estimate of drug-likeness (QED) is 0.851. The number of nitrogens with zero attached hydrogens (tertiary/aromatic N) is 2. The van der Waals surface area contributed by atoms with Crippen LogP contribution in [-0.4, -0.2) is 30.1 Å². The van der Waals surface area contributed by atoms with Crippen molar-refractivity contribution in [3.8, 4) is 5.75 Å². The van der Waals surface area contributed by atoms with E-state index < -0.39 is 0 Å². The highest BCUT2D eigenvalue weighted by Gasteiger charge is 2.29. The van der Waals surface area contributed by atoms with Crippen LogP contribution in [0.5, 0.6) is 5.75 Å². The Balaban J connectivity index is 1.51. The standard InChI is InChI=1S/C18H20BrN3O2/c1-12(21-13(2)23)14-3-6-16(7-4-14)24-17-10-22(11-17)18-8-5-15(19)9-20-18/h3-9,12,17H,10-11H2,1-2H3,(H,21,23). The number of pyridine rings is 1. The van der Waals surface area contributed by atoms with Crippen LogP contribution in [0, 0.1) is 0 Å². The van der Waals surface area contributed by atoms with E-state index in [1.165, 1.54) is 6.92 Å². The van der Waals surface area contributed by atoms with Gasteiger partial charge in [-0.3, -0.25) is 4.79 Å². The molecule has 0 bridgehead atoms. The van der Waals surface area contributed by atoms with Crippen molar-refractivity contribution in [1.82, 2.24) is 10.3 Å². The Morgan fingerprint density at radius 2 is 2.00 bits per heavy atom. The number of anilines is 1. The van der Waals surface area contributed by atoms with E-state index in [9.17, 15) is 4.79 Å². The van der Waals surface area contributed by atoms with E-state index >= 15 is 0 Å². The average Bonchev–Trinajstić information content (AvgIpc) is 2.51. The molecule has 0 spiro atoms. The summed E-state index contributed by atoms with van der Waals surface area (Å²) >= 11 is 3.39. The summed E-state index contributed by atoms with van der Waals surface area (Å²) in [7, 11) is 0. The Labute approximate surface area is 150 Å². The van der Waals surface area contributed by atoms with Gasteiger partial charge in [-0.1, -0.05) is 12.1 Å². The smallest absolute Gasteiger partial charge is 0.217 e. The fraction of sp³-hybridized carbons (Fsp3) is 0.333. The molecule has 1 aromatic carbocycles. The first-order valence-electron chi connectivity index (χ1n) is 7.91. The van der Waals surface area contributed by atoms with E-state index in [0.717, 1.165) is 34.7 Å². The molecule has 1 amide bonds. The molecule has 3 rings (SSSR count). The van der Waals surface area contributed by atoms with Crippen LogP contribution in [0.1, 0.15) is 25.5 Å². The topological polar surface area (TPSA) is 54.5 Å². The molecule has 2 heterocycles. The molecule has 0 radical (unpaired) electrons. The summed E-state index contributed by atoms with van der Waals surface area (Å²) in [6.07, 6.45) is 1.98. The van der Waals surface area contributed by atoms with E-state index in [-0.39, 0.29) is 18.1 Å². The predicted octanol–water partition coefficient (Wildman–Crippen LogP) is 3.31. The second kappa shape index (κ2) is 7.21. The molecule has 5 nitrogen and oxygen atoms in total. The van der Waals surface area contributed by atoms with Crippen molar-refractivity contribution in [2.45, 2.75) is 26.0 Å². The number of halogens is 1. The van der Waals surface area contributed by atoms with Gasteiger partial charge in [0.2, 0.25) is 5.91 Å². The first-order chi connectivity index (χ1) is 11.5. The van der Waals surface area contributed by atoms with Gasteiger partial charge in [-0.2, -0.15) is 0 Å². The van der Waals surface area contributed by atoms with Gasteiger partial charge in [0.25, 0.3) is 0 Å². The zero-order valence-corrected chi connectivity index (χ0v) is 15.3. The van der Waals surface area contributed by atoms with E-state index in [4.69, 9.17) is 4.74 Å². The zero-order chi connectivity index (χ0) is 17.1. The molecule has 24 heavy (non-hydrogen) atoms. The second-order valence-electron chi connectivity index (χ2n) is 5.97. The molecule has 1 saturated heterocycles. The number of hydrogen-bond acceptors (Lipinski definition) is 4. The van der Waals surface area contributed by atoms with E-state index in [0.29, 0.717) is 0 Å². The lowest BCUT2D eigenvalue weighted by atomic mass is 10.1. The van der Waals surface area contributed by atoms with E-state index in [1.54, 1.807) is 6.20 Å². The molecular weight excluding hydrogens is 370 g/mol. The van der Waals surface area contributed by atoms with Crippen molar-refractivity contribution in [2.75, 3.05) is 18.0 Å². The van der Waals surface area contributed by atoms with Crippen LogP contribution in [0.15, 0.2) is 47.1 Å². The number of ether oxygens (including phenoxy) is 1. The molecule has 1 atom stereocenters. The lowest BCUT2D eigenvalue weighted by Gasteiger charge is -2.39. The minimum absolute atomic E-state index is 0.000719. The van der Waals surface area contributed by atoms with Crippen molar-refractivity contribution in [1.29, 1.82) is 0 Å². The number of carbonyl (C=O) groups is 1. The Kier molecular flexibility index (Phi) is 5.04. The van der Waals surface area contributed by atoms with E-state index in [2.05, 4.69) is 31.1 Å². The van der Waals surface area contributed by atoms with Crippen molar-refractivity contribution >= 4 is 27.7 Å². The lowest BCUT2D eigenvalue weighted by molar-refractivity contribution is -0.119. The molecule has 0 aliphatic carbocycles. The summed E-state index contributed by atoms with van der Waals surface area (Å²) in [6, 6.07) is 11.9. The minimum atomic E-state index is -0.0288. The number of nitrogens with one attached hydrogen (secondary N) is 1. The minimum Gasteiger partial charge on any atom is -0.487 e. The van der Waals surface area contributed by atoms with Crippen molar-refractivity contribution < 1.29 is 9.53 Å². The summed E-state index contributed by atoms with van der Waals surface area (Å²) in [5.74, 6) is 1.79. The Bertz CT molecular complexity index is 697. The first-order valence-corrected chi connectivity index (χ1v) is 8.71. The molecule has 1 aliphatic rings. The highest BCUT2D eigenvalue weighted by molar-refractivity contribution is 9.10. The number of amides is 1. The maximum Gasteiger partial charge on any atom is 0.217 e. The van der Waals surface area contributed by atoms with Gasteiger partial charge in [0.1, 0.15) is 17.7 Å². The number of rotatable bonds is 5. The molecular formula is C18H20BrN3O2. The lowest BCUT2D eigenvalue weighted by Crippen LogP contribution is -2.54. The van der Waals surface area contributed by atoms with Crippen LogP contribution < -0.4 is 15.0 Å². The fourth-order valence-corrected chi connectivity index (χ4v) is 2.91. The van der Waals surface area contributed by atoms with Gasteiger partial charge in [-0.25, -0.2) is 4.98 Å². The molecule has 1 aliphatic heterocycles. The van der Waals surface area contributed by atoms with E-state index in [1.807, 2.05) is 43.3 Å². The summed E-state index contributed by atoms with van der Waals surface area (Å²) in [5.41, 5.74) is 1.06. The molecule has 2 aromatic rings. The highest BCUT2D eigenvalue weighted by Crippen LogP contribution is 2.24. The highest BCUT2D eigenvalue weighted by atomic mass is 79.9. The SMILES string of the molecule is CC(=O)NC(C)c1ccc(OC2CN(c3ccc(Br)cn3)C2)cc1. The first kappa shape index (κ1) is 16.8. The molecule has 126 valence electrons. The Morgan fingerprint density at radius 3 is 2.58 bits per heavy atom. The van der Waals surface area contributed by atoms with Crippen molar-refractivity contribution in [3.63, 3.8) is 0 Å². The molecule has 1 aromatic heterocycles.